The van der Waals surface area contributed by atoms with Crippen LogP contribution in [0.1, 0.15) is 17.4 Å². The quantitative estimate of drug-likeness (QED) is 0.765. The molecule has 0 bridgehead atoms. The Morgan fingerprint density at radius 2 is 2.00 bits per heavy atom. The van der Waals surface area contributed by atoms with Gasteiger partial charge in [-0.25, -0.2) is 4.39 Å². The Kier molecular flexibility index (Phi) is 3.25. The highest BCUT2D eigenvalue weighted by atomic mass is 35.5. The third kappa shape index (κ3) is 3.03. The van der Waals surface area contributed by atoms with E-state index in [1.54, 1.807) is 0 Å². The molecule has 1 aromatic rings. The molecule has 0 saturated heterocycles. The van der Waals surface area contributed by atoms with Crippen LogP contribution in [0.15, 0.2) is 24.3 Å². The van der Waals surface area contributed by atoms with Crippen LogP contribution >= 0.6 is 11.6 Å². The van der Waals surface area contributed by atoms with Crippen molar-refractivity contribution in [1.82, 2.24) is 0 Å². The normalized spacial score (nSPS) is 12.5. The van der Waals surface area contributed by atoms with Crippen LogP contribution in [-0.2, 0) is 4.79 Å². The van der Waals surface area contributed by atoms with Gasteiger partial charge >= 0.3 is 5.97 Å². The van der Waals surface area contributed by atoms with E-state index in [1.807, 2.05) is 0 Å². The van der Waals surface area contributed by atoms with Crippen LogP contribution in [0.5, 0.6) is 0 Å². The number of alkyl halides is 1. The fourth-order valence-corrected chi connectivity index (χ4v) is 1.22. The highest BCUT2D eigenvalue weighted by molar-refractivity contribution is 6.21. The summed E-state index contributed by atoms with van der Waals surface area (Å²) in [5.74, 6) is -1.33. The Hall–Kier alpha value is -1.09. The lowest BCUT2D eigenvalue weighted by Crippen LogP contribution is -2.00. The number of carboxylic acid groups (broad SMARTS) is 1. The smallest absolute Gasteiger partial charge is 0.305 e. The van der Waals surface area contributed by atoms with E-state index in [-0.39, 0.29) is 12.2 Å². The number of benzene rings is 1. The standard InChI is InChI=1S/C9H8ClFO2/c10-8(5-9(12)13)6-1-3-7(11)4-2-6/h1-4,8H,5H2,(H,12,13). The zero-order chi connectivity index (χ0) is 9.84. The fraction of sp³-hybridized carbons (Fsp3) is 0.222. The molecule has 0 aliphatic heterocycles. The number of hydrogen-bond acceptors (Lipinski definition) is 1. The highest BCUT2D eigenvalue weighted by Crippen LogP contribution is 2.23. The zero-order valence-corrected chi connectivity index (χ0v) is 7.46. The maximum atomic E-state index is 12.5. The predicted molar refractivity (Wildman–Crippen MR) is 47.2 cm³/mol. The Labute approximate surface area is 80.0 Å². The molecular formula is C9H8ClFO2. The highest BCUT2D eigenvalue weighted by Gasteiger charge is 2.11. The predicted octanol–water partition coefficient (Wildman–Crippen LogP) is 2.58. The van der Waals surface area contributed by atoms with Gasteiger partial charge in [-0.15, -0.1) is 11.6 Å². The Morgan fingerprint density at radius 1 is 1.46 bits per heavy atom. The summed E-state index contributed by atoms with van der Waals surface area (Å²) in [4.78, 5) is 10.3. The van der Waals surface area contributed by atoms with Crippen LogP contribution in [-0.4, -0.2) is 11.1 Å². The van der Waals surface area contributed by atoms with E-state index in [0.717, 1.165) is 0 Å². The van der Waals surface area contributed by atoms with E-state index >= 15 is 0 Å². The maximum absolute atomic E-state index is 12.5. The lowest BCUT2D eigenvalue weighted by molar-refractivity contribution is -0.137. The molecule has 0 aliphatic rings. The molecule has 1 atom stereocenters. The van der Waals surface area contributed by atoms with Gasteiger partial charge in [0.05, 0.1) is 11.8 Å². The second-order valence-corrected chi connectivity index (χ2v) is 3.14. The first kappa shape index (κ1) is 9.99. The topological polar surface area (TPSA) is 37.3 Å². The minimum atomic E-state index is -0.968. The molecule has 0 aromatic heterocycles. The largest absolute Gasteiger partial charge is 0.481 e. The summed E-state index contributed by atoms with van der Waals surface area (Å²) in [6.45, 7) is 0. The number of halogens is 2. The molecule has 2 nitrogen and oxygen atoms in total. The van der Waals surface area contributed by atoms with Gasteiger partial charge in [-0.3, -0.25) is 4.79 Å². The minimum Gasteiger partial charge on any atom is -0.481 e. The molecule has 0 heterocycles. The number of aliphatic carboxylic acids is 1. The van der Waals surface area contributed by atoms with Gasteiger partial charge in [0.15, 0.2) is 0 Å². The number of carboxylic acids is 1. The van der Waals surface area contributed by atoms with Crippen molar-refractivity contribution < 1.29 is 14.3 Å². The van der Waals surface area contributed by atoms with Gasteiger partial charge in [-0.2, -0.15) is 0 Å². The van der Waals surface area contributed by atoms with E-state index in [0.29, 0.717) is 5.56 Å². The van der Waals surface area contributed by atoms with Crippen molar-refractivity contribution in [2.45, 2.75) is 11.8 Å². The van der Waals surface area contributed by atoms with Crippen LogP contribution in [0.4, 0.5) is 4.39 Å². The first-order valence-corrected chi connectivity index (χ1v) is 4.14. The molecule has 4 heteroatoms. The third-order valence-corrected chi connectivity index (χ3v) is 1.99. The van der Waals surface area contributed by atoms with Crippen molar-refractivity contribution in [2.24, 2.45) is 0 Å². The second kappa shape index (κ2) is 4.23. The SMILES string of the molecule is O=C(O)CC(Cl)c1ccc(F)cc1. The molecule has 13 heavy (non-hydrogen) atoms. The van der Waals surface area contributed by atoms with Crippen molar-refractivity contribution in [3.63, 3.8) is 0 Å². The zero-order valence-electron chi connectivity index (χ0n) is 6.71. The summed E-state index contributed by atoms with van der Waals surface area (Å²) in [6.07, 6.45) is -0.160. The molecule has 1 aromatic carbocycles. The molecule has 0 spiro atoms. The van der Waals surface area contributed by atoms with Crippen LogP contribution in [0.3, 0.4) is 0 Å². The minimum absolute atomic E-state index is 0.160. The van der Waals surface area contributed by atoms with Crippen LogP contribution in [0.2, 0.25) is 0 Å². The molecule has 0 radical (unpaired) electrons. The van der Waals surface area contributed by atoms with Crippen molar-refractivity contribution >= 4 is 17.6 Å². The molecule has 0 saturated carbocycles. The molecular weight excluding hydrogens is 195 g/mol. The number of rotatable bonds is 3. The van der Waals surface area contributed by atoms with Crippen LogP contribution < -0.4 is 0 Å². The lowest BCUT2D eigenvalue weighted by Gasteiger charge is -2.05. The molecule has 1 N–H and O–H groups in total. The monoisotopic (exact) mass is 202 g/mol. The first-order valence-electron chi connectivity index (χ1n) is 3.71. The van der Waals surface area contributed by atoms with Crippen molar-refractivity contribution in [2.75, 3.05) is 0 Å². The average Bonchev–Trinajstić information content (AvgIpc) is 2.04. The van der Waals surface area contributed by atoms with E-state index in [1.165, 1.54) is 24.3 Å². The maximum Gasteiger partial charge on any atom is 0.305 e. The molecule has 0 amide bonds. The van der Waals surface area contributed by atoms with Crippen molar-refractivity contribution in [1.29, 1.82) is 0 Å². The Balaban J connectivity index is 2.71. The first-order chi connectivity index (χ1) is 6.09. The van der Waals surface area contributed by atoms with E-state index in [9.17, 15) is 9.18 Å². The number of carbonyl (C=O) groups is 1. The van der Waals surface area contributed by atoms with Gasteiger partial charge in [0.2, 0.25) is 0 Å². The van der Waals surface area contributed by atoms with E-state index in [2.05, 4.69) is 0 Å². The average molecular weight is 203 g/mol. The molecule has 70 valence electrons. The Bertz CT molecular complexity index is 297. The van der Waals surface area contributed by atoms with Crippen LogP contribution in [0, 0.1) is 5.82 Å². The lowest BCUT2D eigenvalue weighted by atomic mass is 10.1. The summed E-state index contributed by atoms with van der Waals surface area (Å²) < 4.78 is 12.5. The summed E-state index contributed by atoms with van der Waals surface area (Å²) in [5, 5.41) is 7.84. The van der Waals surface area contributed by atoms with Gasteiger partial charge in [0.1, 0.15) is 5.82 Å². The van der Waals surface area contributed by atoms with Gasteiger partial charge < -0.3 is 5.11 Å². The molecule has 0 fully saturated rings. The summed E-state index contributed by atoms with van der Waals surface area (Å²) in [7, 11) is 0. The van der Waals surface area contributed by atoms with Crippen molar-refractivity contribution in [3.05, 3.63) is 35.6 Å². The third-order valence-electron chi connectivity index (χ3n) is 1.59. The summed E-state index contributed by atoms with van der Waals surface area (Å²) in [5.41, 5.74) is 0.616. The van der Waals surface area contributed by atoms with Gasteiger partial charge in [0, 0.05) is 0 Å². The second-order valence-electron chi connectivity index (χ2n) is 2.62. The van der Waals surface area contributed by atoms with E-state index in [4.69, 9.17) is 16.7 Å². The van der Waals surface area contributed by atoms with Gasteiger partial charge in [-0.1, -0.05) is 12.1 Å². The Morgan fingerprint density at radius 3 is 2.46 bits per heavy atom. The molecule has 1 unspecified atom stereocenters. The number of hydrogen-bond donors (Lipinski definition) is 1. The van der Waals surface area contributed by atoms with Crippen LogP contribution in [0.25, 0.3) is 0 Å². The summed E-state index contributed by atoms with van der Waals surface area (Å²) >= 11 is 5.75. The van der Waals surface area contributed by atoms with Gasteiger partial charge in [-0.05, 0) is 17.7 Å². The molecule has 1 rings (SSSR count). The van der Waals surface area contributed by atoms with Crippen molar-refractivity contribution in [3.8, 4) is 0 Å². The summed E-state index contributed by atoms with van der Waals surface area (Å²) in [6, 6.07) is 5.48. The van der Waals surface area contributed by atoms with E-state index < -0.39 is 11.3 Å². The van der Waals surface area contributed by atoms with Gasteiger partial charge in [0.25, 0.3) is 0 Å². The fourth-order valence-electron chi connectivity index (χ4n) is 0.943. The molecule has 0 aliphatic carbocycles.